The number of ether oxygens (including phenoxy) is 2. The van der Waals surface area contributed by atoms with E-state index in [2.05, 4.69) is 4.90 Å². The van der Waals surface area contributed by atoms with Crippen LogP contribution in [0.25, 0.3) is 0 Å². The van der Waals surface area contributed by atoms with Gasteiger partial charge in [-0.25, -0.2) is 8.42 Å². The average molecular weight is 391 g/mol. The van der Waals surface area contributed by atoms with E-state index in [1.165, 1.54) is 12.7 Å². The summed E-state index contributed by atoms with van der Waals surface area (Å²) in [6, 6.07) is 14.8. The van der Waals surface area contributed by atoms with Crippen molar-refractivity contribution in [3.63, 3.8) is 0 Å². The molecule has 1 fully saturated rings. The van der Waals surface area contributed by atoms with Gasteiger partial charge in [-0.3, -0.25) is 4.90 Å². The van der Waals surface area contributed by atoms with Crippen LogP contribution in [0, 0.1) is 0 Å². The Morgan fingerprint density at radius 2 is 1.63 bits per heavy atom. The van der Waals surface area contributed by atoms with Gasteiger partial charge in [0.05, 0.1) is 14.2 Å². The largest absolute Gasteiger partial charge is 0.497 e. The Morgan fingerprint density at radius 1 is 0.889 bits per heavy atom. The Hall–Kier alpha value is -2.09. The molecule has 1 heterocycles. The molecule has 0 unspecified atom stereocenters. The monoisotopic (exact) mass is 390 g/mol. The molecule has 7 heteroatoms. The number of nitrogens with zero attached hydrogens (tertiary/aromatic N) is 2. The van der Waals surface area contributed by atoms with Gasteiger partial charge in [0.15, 0.2) is 0 Å². The molecule has 1 aliphatic heterocycles. The first-order chi connectivity index (χ1) is 13.0. The lowest BCUT2D eigenvalue weighted by atomic mass is 10.2. The lowest BCUT2D eigenvalue weighted by Crippen LogP contribution is -2.35. The van der Waals surface area contributed by atoms with E-state index in [1.807, 2.05) is 24.3 Å². The van der Waals surface area contributed by atoms with E-state index < -0.39 is 10.0 Å². The van der Waals surface area contributed by atoms with Crippen LogP contribution in [-0.2, 0) is 16.6 Å². The van der Waals surface area contributed by atoms with Crippen LogP contribution >= 0.6 is 0 Å². The summed E-state index contributed by atoms with van der Waals surface area (Å²) >= 11 is 0. The van der Waals surface area contributed by atoms with Crippen molar-refractivity contribution in [3.8, 4) is 11.5 Å². The van der Waals surface area contributed by atoms with Gasteiger partial charge in [-0.1, -0.05) is 24.3 Å². The maximum absolute atomic E-state index is 13.1. The highest BCUT2D eigenvalue weighted by molar-refractivity contribution is 7.89. The fraction of sp³-hybridized carbons (Fsp3) is 0.400. The van der Waals surface area contributed by atoms with E-state index in [1.54, 1.807) is 35.7 Å². The molecule has 2 aromatic carbocycles. The van der Waals surface area contributed by atoms with Crippen LogP contribution in [0.3, 0.4) is 0 Å². The fourth-order valence-electron chi connectivity index (χ4n) is 3.31. The van der Waals surface area contributed by atoms with E-state index in [-0.39, 0.29) is 4.90 Å². The molecule has 1 saturated heterocycles. The number of rotatable bonds is 6. The van der Waals surface area contributed by atoms with Gasteiger partial charge in [-0.2, -0.15) is 4.31 Å². The summed E-state index contributed by atoms with van der Waals surface area (Å²) in [5.74, 6) is 1.22. The van der Waals surface area contributed by atoms with Gasteiger partial charge < -0.3 is 9.47 Å². The van der Waals surface area contributed by atoms with Crippen LogP contribution in [0.1, 0.15) is 12.0 Å². The van der Waals surface area contributed by atoms with Gasteiger partial charge >= 0.3 is 0 Å². The average Bonchev–Trinajstić information content (AvgIpc) is 2.94. The molecule has 2 aromatic rings. The number of hydrogen-bond donors (Lipinski definition) is 0. The topological polar surface area (TPSA) is 59.1 Å². The Labute approximate surface area is 161 Å². The van der Waals surface area contributed by atoms with E-state index in [9.17, 15) is 8.42 Å². The Bertz CT molecular complexity index is 853. The second-order valence-electron chi connectivity index (χ2n) is 6.53. The quantitative estimate of drug-likeness (QED) is 0.759. The summed E-state index contributed by atoms with van der Waals surface area (Å²) in [6.07, 6.45) is 0.796. The zero-order valence-electron chi connectivity index (χ0n) is 15.8. The summed E-state index contributed by atoms with van der Waals surface area (Å²) in [5, 5.41) is 0. The third-order valence-electron chi connectivity index (χ3n) is 4.80. The standard InChI is InChI=1S/C20H26N2O4S/c1-25-18-10-8-17(9-11-18)16-21-12-5-13-22(15-14-21)27(23,24)20-7-4-3-6-19(20)26-2/h3-4,6-11H,5,12-16H2,1-2H3. The van der Waals surface area contributed by atoms with Crippen LogP contribution in [0.2, 0.25) is 0 Å². The molecule has 6 nitrogen and oxygen atoms in total. The van der Waals surface area contributed by atoms with Crippen molar-refractivity contribution in [2.45, 2.75) is 17.9 Å². The minimum Gasteiger partial charge on any atom is -0.497 e. The number of sulfonamides is 1. The molecule has 1 aliphatic rings. The third-order valence-corrected chi connectivity index (χ3v) is 6.74. The highest BCUT2D eigenvalue weighted by Gasteiger charge is 2.29. The highest BCUT2D eigenvalue weighted by atomic mass is 32.2. The number of methoxy groups -OCH3 is 2. The van der Waals surface area contributed by atoms with Crippen LogP contribution in [0.15, 0.2) is 53.4 Å². The third kappa shape index (κ3) is 4.61. The molecule has 3 rings (SSSR count). The molecular formula is C20H26N2O4S. The molecule has 0 amide bonds. The maximum atomic E-state index is 13.1. The second-order valence-corrected chi connectivity index (χ2v) is 8.44. The van der Waals surface area contributed by atoms with Crippen molar-refractivity contribution >= 4 is 10.0 Å². The number of para-hydroxylation sites is 1. The zero-order chi connectivity index (χ0) is 19.3. The summed E-state index contributed by atoms with van der Waals surface area (Å²) in [6.45, 7) is 3.34. The zero-order valence-corrected chi connectivity index (χ0v) is 16.6. The minimum absolute atomic E-state index is 0.233. The predicted molar refractivity (Wildman–Crippen MR) is 105 cm³/mol. The van der Waals surface area contributed by atoms with Gasteiger partial charge in [-0.15, -0.1) is 0 Å². The Morgan fingerprint density at radius 3 is 2.33 bits per heavy atom. The van der Waals surface area contributed by atoms with E-state index in [0.717, 1.165) is 25.3 Å². The van der Waals surface area contributed by atoms with Crippen LogP contribution in [0.4, 0.5) is 0 Å². The smallest absolute Gasteiger partial charge is 0.246 e. The molecule has 0 atom stereocenters. The lowest BCUT2D eigenvalue weighted by molar-refractivity contribution is 0.278. The maximum Gasteiger partial charge on any atom is 0.246 e. The van der Waals surface area contributed by atoms with Crippen LogP contribution in [-0.4, -0.2) is 58.0 Å². The molecule has 0 N–H and O–H groups in total. The fourth-order valence-corrected chi connectivity index (χ4v) is 4.93. The van der Waals surface area contributed by atoms with Crippen molar-refractivity contribution < 1.29 is 17.9 Å². The molecule has 27 heavy (non-hydrogen) atoms. The van der Waals surface area contributed by atoms with Gasteiger partial charge in [0, 0.05) is 26.2 Å². The molecule has 0 aromatic heterocycles. The first-order valence-corrected chi connectivity index (χ1v) is 10.5. The first-order valence-electron chi connectivity index (χ1n) is 9.03. The van der Waals surface area contributed by atoms with E-state index in [0.29, 0.717) is 25.4 Å². The molecule has 0 spiro atoms. The normalized spacial score (nSPS) is 16.7. The summed E-state index contributed by atoms with van der Waals surface area (Å²) in [5.41, 5.74) is 1.19. The predicted octanol–water partition coefficient (Wildman–Crippen LogP) is 2.60. The number of benzene rings is 2. The molecule has 0 bridgehead atoms. The summed E-state index contributed by atoms with van der Waals surface area (Å²) < 4.78 is 38.1. The SMILES string of the molecule is COc1ccc(CN2CCCN(S(=O)(=O)c3ccccc3OC)CC2)cc1. The molecule has 146 valence electrons. The minimum atomic E-state index is -3.57. The van der Waals surface area contributed by atoms with Crippen molar-refractivity contribution in [2.24, 2.45) is 0 Å². The van der Waals surface area contributed by atoms with Crippen molar-refractivity contribution in [1.29, 1.82) is 0 Å². The Balaban J connectivity index is 1.68. The van der Waals surface area contributed by atoms with Crippen molar-refractivity contribution in [3.05, 3.63) is 54.1 Å². The first kappa shape index (κ1) is 19.7. The van der Waals surface area contributed by atoms with Gasteiger partial charge in [0.2, 0.25) is 10.0 Å². The van der Waals surface area contributed by atoms with Crippen molar-refractivity contribution in [1.82, 2.24) is 9.21 Å². The second kappa shape index (κ2) is 8.73. The molecule has 0 aliphatic carbocycles. The number of hydrogen-bond acceptors (Lipinski definition) is 5. The highest BCUT2D eigenvalue weighted by Crippen LogP contribution is 2.27. The van der Waals surface area contributed by atoms with Gasteiger partial charge in [0.1, 0.15) is 16.4 Å². The van der Waals surface area contributed by atoms with E-state index in [4.69, 9.17) is 9.47 Å². The van der Waals surface area contributed by atoms with Gasteiger partial charge in [0.25, 0.3) is 0 Å². The summed E-state index contributed by atoms with van der Waals surface area (Å²) in [7, 11) is -0.422. The van der Waals surface area contributed by atoms with Gasteiger partial charge in [-0.05, 0) is 42.8 Å². The van der Waals surface area contributed by atoms with Crippen LogP contribution < -0.4 is 9.47 Å². The molecule has 0 saturated carbocycles. The lowest BCUT2D eigenvalue weighted by Gasteiger charge is -2.22. The molecular weight excluding hydrogens is 364 g/mol. The molecule has 0 radical (unpaired) electrons. The van der Waals surface area contributed by atoms with E-state index >= 15 is 0 Å². The Kier molecular flexibility index (Phi) is 6.36. The van der Waals surface area contributed by atoms with Crippen molar-refractivity contribution in [2.75, 3.05) is 40.4 Å². The summed E-state index contributed by atoms with van der Waals surface area (Å²) in [4.78, 5) is 2.52. The van der Waals surface area contributed by atoms with Crippen LogP contribution in [0.5, 0.6) is 11.5 Å².